The average molecular weight is 459 g/mol. The van der Waals surface area contributed by atoms with Gasteiger partial charge in [-0.05, 0) is 42.7 Å². The Bertz CT molecular complexity index is 908. The van der Waals surface area contributed by atoms with Crippen LogP contribution in [-0.2, 0) is 11.3 Å². The molecule has 0 spiro atoms. The molecule has 180 valence electrons. The van der Waals surface area contributed by atoms with Crippen LogP contribution in [0.25, 0.3) is 0 Å². The Labute approximate surface area is 196 Å². The molecule has 1 heterocycles. The summed E-state index contributed by atoms with van der Waals surface area (Å²) in [5.41, 5.74) is 1.09. The van der Waals surface area contributed by atoms with Gasteiger partial charge in [-0.2, -0.15) is 0 Å². The molecule has 1 aliphatic heterocycles. The molecule has 0 saturated carbocycles. The fraction of sp³-hybridized carbons (Fsp3) is 0.500. The van der Waals surface area contributed by atoms with Crippen LogP contribution in [0.1, 0.15) is 31.7 Å². The van der Waals surface area contributed by atoms with Gasteiger partial charge in [0.1, 0.15) is 11.6 Å². The number of nitrogens with one attached hydrogen (secondary N) is 1. The van der Waals surface area contributed by atoms with Crippen LogP contribution in [0.4, 0.5) is 4.39 Å². The summed E-state index contributed by atoms with van der Waals surface area (Å²) in [5, 5.41) is 3.08. The van der Waals surface area contributed by atoms with Crippen molar-refractivity contribution in [2.45, 2.75) is 32.7 Å². The Morgan fingerprint density at radius 2 is 1.94 bits per heavy atom. The topological polar surface area (TPSA) is 60.0 Å². The quantitative estimate of drug-likeness (QED) is 0.510. The van der Waals surface area contributed by atoms with Crippen LogP contribution in [-0.4, -0.2) is 51.3 Å². The standard InChI is InChI=1S/C26H35FN2O4/c1-4-5-11-28-26(30)21-12-20(18-33-23-8-6-7-22(27)14-23)16-29(17-21)15-19-9-10-24(31-2)25(13-19)32-3/h6-10,13-14,20-21H,4-5,11-12,15-18H2,1-3H3,(H,28,30)/t20-,21+/m0/s1. The molecule has 0 radical (unpaired) electrons. The number of nitrogens with zero attached hydrogens (tertiary/aromatic N) is 1. The number of hydrogen-bond acceptors (Lipinski definition) is 5. The van der Waals surface area contributed by atoms with Crippen molar-refractivity contribution in [2.24, 2.45) is 11.8 Å². The van der Waals surface area contributed by atoms with E-state index in [0.29, 0.717) is 43.5 Å². The molecule has 1 fully saturated rings. The number of likely N-dealkylation sites (tertiary alicyclic amines) is 1. The molecule has 0 aromatic heterocycles. The molecule has 2 aromatic rings. The van der Waals surface area contributed by atoms with E-state index in [1.807, 2.05) is 18.2 Å². The molecule has 0 bridgehead atoms. The van der Waals surface area contributed by atoms with E-state index >= 15 is 0 Å². The molecule has 1 amide bonds. The third kappa shape index (κ3) is 7.35. The highest BCUT2D eigenvalue weighted by Crippen LogP contribution is 2.30. The molecule has 0 unspecified atom stereocenters. The van der Waals surface area contributed by atoms with Gasteiger partial charge in [0.2, 0.25) is 5.91 Å². The zero-order valence-electron chi connectivity index (χ0n) is 19.8. The van der Waals surface area contributed by atoms with Gasteiger partial charge in [0.25, 0.3) is 0 Å². The highest BCUT2D eigenvalue weighted by Gasteiger charge is 2.32. The number of methoxy groups -OCH3 is 2. The molecular formula is C26H35FN2O4. The molecule has 3 rings (SSSR count). The number of piperidine rings is 1. The second kappa shape index (κ2) is 12.4. The third-order valence-corrected chi connectivity index (χ3v) is 5.95. The number of carbonyl (C=O) groups is 1. The predicted octanol–water partition coefficient (Wildman–Crippen LogP) is 4.28. The van der Waals surface area contributed by atoms with Gasteiger partial charge in [0, 0.05) is 38.2 Å². The highest BCUT2D eigenvalue weighted by atomic mass is 19.1. The first kappa shape index (κ1) is 24.8. The molecule has 33 heavy (non-hydrogen) atoms. The summed E-state index contributed by atoms with van der Waals surface area (Å²) in [6.07, 6.45) is 2.76. The largest absolute Gasteiger partial charge is 0.493 e. The van der Waals surface area contributed by atoms with E-state index in [1.165, 1.54) is 12.1 Å². The van der Waals surface area contributed by atoms with Crippen molar-refractivity contribution < 1.29 is 23.4 Å². The lowest BCUT2D eigenvalue weighted by molar-refractivity contribution is -0.127. The Hall–Kier alpha value is -2.80. The number of halogens is 1. The summed E-state index contributed by atoms with van der Waals surface area (Å²) < 4.78 is 30.2. The molecule has 7 heteroatoms. The summed E-state index contributed by atoms with van der Waals surface area (Å²) in [6.45, 7) is 5.41. The first-order valence-electron chi connectivity index (χ1n) is 11.6. The minimum Gasteiger partial charge on any atom is -0.493 e. The van der Waals surface area contributed by atoms with E-state index in [0.717, 1.165) is 31.4 Å². The van der Waals surface area contributed by atoms with Crippen molar-refractivity contribution in [1.82, 2.24) is 10.2 Å². The van der Waals surface area contributed by atoms with Crippen LogP contribution in [0.15, 0.2) is 42.5 Å². The van der Waals surface area contributed by atoms with Crippen molar-refractivity contribution in [1.29, 1.82) is 0 Å². The maximum absolute atomic E-state index is 13.5. The van der Waals surface area contributed by atoms with Crippen molar-refractivity contribution in [3.8, 4) is 17.2 Å². The number of carbonyl (C=O) groups excluding carboxylic acids is 1. The first-order chi connectivity index (χ1) is 16.0. The van der Waals surface area contributed by atoms with E-state index in [-0.39, 0.29) is 23.6 Å². The lowest BCUT2D eigenvalue weighted by Crippen LogP contribution is -2.47. The summed E-state index contributed by atoms with van der Waals surface area (Å²) in [6, 6.07) is 12.1. The van der Waals surface area contributed by atoms with Crippen molar-refractivity contribution in [3.63, 3.8) is 0 Å². The number of amides is 1. The zero-order chi connectivity index (χ0) is 23.6. The summed E-state index contributed by atoms with van der Waals surface area (Å²) in [7, 11) is 3.24. The Balaban J connectivity index is 1.69. The van der Waals surface area contributed by atoms with E-state index < -0.39 is 0 Å². The van der Waals surface area contributed by atoms with E-state index in [2.05, 4.69) is 17.1 Å². The van der Waals surface area contributed by atoms with Gasteiger partial charge in [-0.3, -0.25) is 9.69 Å². The normalized spacial score (nSPS) is 18.5. The fourth-order valence-corrected chi connectivity index (χ4v) is 4.28. The molecular weight excluding hydrogens is 423 g/mol. The molecule has 0 aliphatic carbocycles. The molecule has 1 N–H and O–H groups in total. The van der Waals surface area contributed by atoms with Crippen LogP contribution in [0.2, 0.25) is 0 Å². The van der Waals surface area contributed by atoms with Crippen LogP contribution in [0.3, 0.4) is 0 Å². The van der Waals surface area contributed by atoms with Crippen LogP contribution in [0, 0.1) is 17.7 Å². The van der Waals surface area contributed by atoms with E-state index in [1.54, 1.807) is 26.4 Å². The molecule has 6 nitrogen and oxygen atoms in total. The van der Waals surface area contributed by atoms with Crippen LogP contribution in [0.5, 0.6) is 17.2 Å². The Morgan fingerprint density at radius 3 is 2.67 bits per heavy atom. The number of hydrogen-bond donors (Lipinski definition) is 1. The van der Waals surface area contributed by atoms with Crippen molar-refractivity contribution in [2.75, 3.05) is 40.5 Å². The third-order valence-electron chi connectivity index (χ3n) is 5.95. The number of ether oxygens (including phenoxy) is 3. The van der Waals surface area contributed by atoms with Gasteiger partial charge < -0.3 is 19.5 Å². The van der Waals surface area contributed by atoms with Crippen molar-refractivity contribution >= 4 is 5.91 Å². The monoisotopic (exact) mass is 458 g/mol. The summed E-state index contributed by atoms with van der Waals surface area (Å²) in [4.78, 5) is 15.1. The minimum atomic E-state index is -0.320. The number of rotatable bonds is 11. The van der Waals surface area contributed by atoms with Gasteiger partial charge in [-0.1, -0.05) is 25.5 Å². The lowest BCUT2D eigenvalue weighted by atomic mass is 9.88. The van der Waals surface area contributed by atoms with E-state index in [9.17, 15) is 9.18 Å². The lowest BCUT2D eigenvalue weighted by Gasteiger charge is -2.37. The average Bonchev–Trinajstić information content (AvgIpc) is 2.82. The predicted molar refractivity (Wildman–Crippen MR) is 126 cm³/mol. The van der Waals surface area contributed by atoms with Gasteiger partial charge in [-0.25, -0.2) is 4.39 Å². The molecule has 1 saturated heterocycles. The molecule has 2 aromatic carbocycles. The van der Waals surface area contributed by atoms with Crippen LogP contribution >= 0.6 is 0 Å². The minimum absolute atomic E-state index is 0.0937. The molecule has 1 aliphatic rings. The number of benzene rings is 2. The Kier molecular flexibility index (Phi) is 9.36. The SMILES string of the molecule is CCCCNC(=O)[C@@H]1C[C@H](COc2cccc(F)c2)CN(Cc2ccc(OC)c(OC)c2)C1. The first-order valence-corrected chi connectivity index (χ1v) is 11.6. The van der Waals surface area contributed by atoms with E-state index in [4.69, 9.17) is 14.2 Å². The highest BCUT2D eigenvalue weighted by molar-refractivity contribution is 5.79. The van der Waals surface area contributed by atoms with Gasteiger partial charge in [0.05, 0.1) is 26.7 Å². The summed E-state index contributed by atoms with van der Waals surface area (Å²) >= 11 is 0. The summed E-state index contributed by atoms with van der Waals surface area (Å²) in [5.74, 6) is 1.70. The van der Waals surface area contributed by atoms with Crippen LogP contribution < -0.4 is 19.5 Å². The maximum Gasteiger partial charge on any atom is 0.224 e. The second-order valence-corrected chi connectivity index (χ2v) is 8.60. The zero-order valence-corrected chi connectivity index (χ0v) is 19.8. The number of unbranched alkanes of at least 4 members (excludes halogenated alkanes) is 1. The van der Waals surface area contributed by atoms with Gasteiger partial charge >= 0.3 is 0 Å². The second-order valence-electron chi connectivity index (χ2n) is 8.60. The van der Waals surface area contributed by atoms with Gasteiger partial charge in [-0.15, -0.1) is 0 Å². The Morgan fingerprint density at radius 1 is 1.12 bits per heavy atom. The van der Waals surface area contributed by atoms with Gasteiger partial charge in [0.15, 0.2) is 11.5 Å². The maximum atomic E-state index is 13.5. The van der Waals surface area contributed by atoms with Crippen molar-refractivity contribution in [3.05, 3.63) is 53.8 Å². The fourth-order valence-electron chi connectivity index (χ4n) is 4.28. The smallest absolute Gasteiger partial charge is 0.224 e. The molecule has 2 atom stereocenters.